The van der Waals surface area contributed by atoms with Crippen molar-refractivity contribution in [2.75, 3.05) is 23.7 Å². The van der Waals surface area contributed by atoms with Crippen LogP contribution in [-0.2, 0) is 7.05 Å². The number of nitrogens with zero attached hydrogens (tertiary/aromatic N) is 5. The van der Waals surface area contributed by atoms with Crippen molar-refractivity contribution in [3.63, 3.8) is 0 Å². The van der Waals surface area contributed by atoms with Crippen LogP contribution in [-0.4, -0.2) is 37.5 Å². The maximum absolute atomic E-state index is 14.0. The number of para-hydroxylation sites is 1. The summed E-state index contributed by atoms with van der Waals surface area (Å²) in [5, 5.41) is 6.08. The highest BCUT2D eigenvalue weighted by atomic mass is 19.1. The fourth-order valence-electron chi connectivity index (χ4n) is 4.01. The van der Waals surface area contributed by atoms with E-state index in [1.165, 1.54) is 23.0 Å². The van der Waals surface area contributed by atoms with Crippen molar-refractivity contribution >= 4 is 17.5 Å². The fraction of sp³-hybridized carbons (Fsp3) is 0.185. The molecule has 3 aromatic heterocycles. The van der Waals surface area contributed by atoms with Crippen molar-refractivity contribution in [1.82, 2.24) is 24.4 Å². The number of pyridine rings is 2. The van der Waals surface area contributed by atoms with Crippen molar-refractivity contribution in [3.8, 4) is 22.8 Å². The highest BCUT2D eigenvalue weighted by Gasteiger charge is 2.15. The molecular formula is C27H26FN7O2. The number of anilines is 3. The molecule has 4 heterocycles. The van der Waals surface area contributed by atoms with Gasteiger partial charge in [0.2, 0.25) is 5.95 Å². The standard InChI is InChI=1S/C27H26FN7O2/c1-18(35-13-5-6-14-35)32-25-15-19(11-12-29-25)37-20-9-10-23(30-16-20)21-17-31-27(34(2)26(21)36)33-24-8-4-3-7-22(24)28/h3-4,7-12,15-17H,1,5-6,13-14H2,2H3,(H,29,32)(H,31,33). The molecule has 0 aliphatic carbocycles. The lowest BCUT2D eigenvalue weighted by molar-refractivity contribution is 0.433. The van der Waals surface area contributed by atoms with E-state index in [-0.39, 0.29) is 17.2 Å². The first-order chi connectivity index (χ1) is 18.0. The van der Waals surface area contributed by atoms with Crippen LogP contribution in [0.25, 0.3) is 11.3 Å². The smallest absolute Gasteiger partial charge is 0.264 e. The highest BCUT2D eigenvalue weighted by Crippen LogP contribution is 2.25. The minimum absolute atomic E-state index is 0.216. The average molecular weight is 500 g/mol. The van der Waals surface area contributed by atoms with Gasteiger partial charge in [0.1, 0.15) is 23.1 Å². The number of halogens is 1. The minimum Gasteiger partial charge on any atom is -0.456 e. The normalized spacial score (nSPS) is 12.9. The lowest BCUT2D eigenvalue weighted by Gasteiger charge is -2.21. The summed E-state index contributed by atoms with van der Waals surface area (Å²) in [4.78, 5) is 28.2. The third-order valence-electron chi connectivity index (χ3n) is 6.03. The van der Waals surface area contributed by atoms with E-state index in [9.17, 15) is 9.18 Å². The Morgan fingerprint density at radius 1 is 1.03 bits per heavy atom. The van der Waals surface area contributed by atoms with E-state index in [1.807, 2.05) is 0 Å². The number of ether oxygens (including phenoxy) is 1. The average Bonchev–Trinajstić information content (AvgIpc) is 3.45. The Balaban J connectivity index is 1.28. The Kier molecular flexibility index (Phi) is 6.80. The van der Waals surface area contributed by atoms with Gasteiger partial charge in [-0.3, -0.25) is 14.3 Å². The van der Waals surface area contributed by atoms with Crippen LogP contribution in [0.4, 0.5) is 21.8 Å². The Bertz CT molecular complexity index is 1480. The molecule has 5 rings (SSSR count). The minimum atomic E-state index is -0.438. The van der Waals surface area contributed by atoms with Gasteiger partial charge in [-0.2, -0.15) is 0 Å². The molecule has 0 spiro atoms. The SMILES string of the molecule is C=C(Nc1cc(Oc2ccc(-c3cnc(Nc4ccccc4F)n(C)c3=O)nc2)ccn1)N1CCCC1. The number of hydrogen-bond acceptors (Lipinski definition) is 8. The molecule has 1 saturated heterocycles. The number of aromatic nitrogens is 4. The van der Waals surface area contributed by atoms with Gasteiger partial charge < -0.3 is 20.3 Å². The monoisotopic (exact) mass is 499 g/mol. The van der Waals surface area contributed by atoms with Gasteiger partial charge in [0.15, 0.2) is 0 Å². The molecule has 1 fully saturated rings. The highest BCUT2D eigenvalue weighted by molar-refractivity contribution is 5.60. The lowest BCUT2D eigenvalue weighted by Crippen LogP contribution is -2.23. The van der Waals surface area contributed by atoms with Crippen LogP contribution < -0.4 is 20.9 Å². The van der Waals surface area contributed by atoms with Gasteiger partial charge in [0, 0.05) is 38.6 Å². The zero-order valence-corrected chi connectivity index (χ0v) is 20.3. The first kappa shape index (κ1) is 24.0. The van der Waals surface area contributed by atoms with Gasteiger partial charge in [-0.25, -0.2) is 14.4 Å². The van der Waals surface area contributed by atoms with Crippen molar-refractivity contribution < 1.29 is 9.13 Å². The van der Waals surface area contributed by atoms with E-state index >= 15 is 0 Å². The van der Waals surface area contributed by atoms with Crippen molar-refractivity contribution in [2.45, 2.75) is 12.8 Å². The van der Waals surface area contributed by atoms with E-state index < -0.39 is 5.82 Å². The molecule has 1 aliphatic heterocycles. The number of rotatable bonds is 8. The van der Waals surface area contributed by atoms with Crippen LogP contribution in [0.5, 0.6) is 11.5 Å². The summed E-state index contributed by atoms with van der Waals surface area (Å²) in [5.74, 6) is 2.32. The first-order valence-electron chi connectivity index (χ1n) is 11.9. The molecule has 2 N–H and O–H groups in total. The van der Waals surface area contributed by atoms with Crippen LogP contribution in [0.3, 0.4) is 0 Å². The van der Waals surface area contributed by atoms with Gasteiger partial charge in [-0.15, -0.1) is 0 Å². The molecule has 4 aromatic rings. The molecule has 188 valence electrons. The molecule has 0 saturated carbocycles. The number of hydrogen-bond donors (Lipinski definition) is 2. The third kappa shape index (κ3) is 5.43. The fourth-order valence-corrected chi connectivity index (χ4v) is 4.01. The number of benzene rings is 1. The maximum atomic E-state index is 14.0. The first-order valence-corrected chi connectivity index (χ1v) is 11.9. The summed E-state index contributed by atoms with van der Waals surface area (Å²) in [7, 11) is 1.56. The largest absolute Gasteiger partial charge is 0.456 e. The summed E-state index contributed by atoms with van der Waals surface area (Å²) in [6.07, 6.45) is 6.94. The van der Waals surface area contributed by atoms with Crippen LogP contribution in [0.1, 0.15) is 12.8 Å². The van der Waals surface area contributed by atoms with Gasteiger partial charge in [-0.05, 0) is 43.2 Å². The molecular weight excluding hydrogens is 473 g/mol. The zero-order valence-electron chi connectivity index (χ0n) is 20.3. The summed E-state index contributed by atoms with van der Waals surface area (Å²) in [6.45, 7) is 6.08. The number of likely N-dealkylation sites (tertiary alicyclic amines) is 1. The maximum Gasteiger partial charge on any atom is 0.264 e. The Morgan fingerprint density at radius 3 is 2.59 bits per heavy atom. The second kappa shape index (κ2) is 10.5. The lowest BCUT2D eigenvalue weighted by atomic mass is 10.2. The van der Waals surface area contributed by atoms with Crippen molar-refractivity contribution in [3.05, 3.63) is 95.7 Å². The molecule has 0 amide bonds. The Labute approximate surface area is 213 Å². The van der Waals surface area contributed by atoms with Gasteiger partial charge in [-0.1, -0.05) is 18.7 Å². The van der Waals surface area contributed by atoms with Crippen molar-refractivity contribution in [2.24, 2.45) is 7.05 Å². The molecule has 0 unspecified atom stereocenters. The van der Waals surface area contributed by atoms with E-state index in [0.717, 1.165) is 31.8 Å². The van der Waals surface area contributed by atoms with Crippen LogP contribution in [0.15, 0.2) is 84.3 Å². The second-order valence-electron chi connectivity index (χ2n) is 8.59. The quantitative estimate of drug-likeness (QED) is 0.354. The zero-order chi connectivity index (χ0) is 25.8. The Morgan fingerprint density at radius 2 is 1.84 bits per heavy atom. The topological polar surface area (TPSA) is 97.2 Å². The molecule has 1 aromatic carbocycles. The molecule has 9 nitrogen and oxygen atoms in total. The second-order valence-corrected chi connectivity index (χ2v) is 8.59. The Hall–Kier alpha value is -4.73. The summed E-state index contributed by atoms with van der Waals surface area (Å²) >= 11 is 0. The van der Waals surface area contributed by atoms with Gasteiger partial charge >= 0.3 is 0 Å². The molecule has 0 atom stereocenters. The molecule has 10 heteroatoms. The van der Waals surface area contributed by atoms with Crippen LogP contribution >= 0.6 is 0 Å². The van der Waals surface area contributed by atoms with Crippen LogP contribution in [0.2, 0.25) is 0 Å². The summed E-state index contributed by atoms with van der Waals surface area (Å²) < 4.78 is 21.2. The summed E-state index contributed by atoms with van der Waals surface area (Å²) in [6, 6.07) is 13.1. The third-order valence-corrected chi connectivity index (χ3v) is 6.03. The summed E-state index contributed by atoms with van der Waals surface area (Å²) in [5.41, 5.74) is 0.658. The predicted molar refractivity (Wildman–Crippen MR) is 140 cm³/mol. The van der Waals surface area contributed by atoms with Crippen LogP contribution in [0, 0.1) is 5.82 Å². The molecule has 0 bridgehead atoms. The molecule has 0 radical (unpaired) electrons. The molecule has 37 heavy (non-hydrogen) atoms. The number of nitrogens with one attached hydrogen (secondary N) is 2. The predicted octanol–water partition coefficient (Wildman–Crippen LogP) is 4.89. The van der Waals surface area contributed by atoms with E-state index in [1.54, 1.807) is 55.7 Å². The van der Waals surface area contributed by atoms with E-state index in [4.69, 9.17) is 4.74 Å². The van der Waals surface area contributed by atoms with Gasteiger partial charge in [0.25, 0.3) is 5.56 Å². The van der Waals surface area contributed by atoms with E-state index in [0.29, 0.717) is 28.6 Å². The van der Waals surface area contributed by atoms with Gasteiger partial charge in [0.05, 0.1) is 29.0 Å². The molecule has 1 aliphatic rings. The van der Waals surface area contributed by atoms with Crippen molar-refractivity contribution in [1.29, 1.82) is 0 Å². The van der Waals surface area contributed by atoms with E-state index in [2.05, 4.69) is 37.1 Å².